The molecule has 1 aliphatic heterocycles. The van der Waals surface area contributed by atoms with Gasteiger partial charge in [0.2, 0.25) is 0 Å². The van der Waals surface area contributed by atoms with Gasteiger partial charge in [0.1, 0.15) is 5.69 Å². The fourth-order valence-electron chi connectivity index (χ4n) is 4.22. The highest BCUT2D eigenvalue weighted by atomic mass is 16.6. The number of benzene rings is 1. The summed E-state index contributed by atoms with van der Waals surface area (Å²) in [5, 5.41) is 14.4. The Morgan fingerprint density at radius 1 is 1.31 bits per heavy atom. The number of nitro groups is 1. The number of fused-ring (bicyclic) bond motifs is 1. The van der Waals surface area contributed by atoms with Crippen LogP contribution in [0.5, 0.6) is 0 Å². The lowest BCUT2D eigenvalue weighted by Crippen LogP contribution is -2.44. The Bertz CT molecular complexity index is 664. The first kappa shape index (κ1) is 18.6. The van der Waals surface area contributed by atoms with Crippen LogP contribution in [0.3, 0.4) is 0 Å². The molecule has 1 aromatic rings. The topological polar surface area (TPSA) is 84.7 Å². The van der Waals surface area contributed by atoms with E-state index in [1.54, 1.807) is 19.2 Å². The van der Waals surface area contributed by atoms with Crippen molar-refractivity contribution in [3.63, 3.8) is 0 Å². The predicted molar refractivity (Wildman–Crippen MR) is 99.4 cm³/mol. The number of methoxy groups -OCH3 is 1. The number of anilines is 1. The Hall–Kier alpha value is -2.15. The van der Waals surface area contributed by atoms with Crippen LogP contribution in [0, 0.1) is 22.0 Å². The van der Waals surface area contributed by atoms with Crippen molar-refractivity contribution >= 4 is 17.3 Å². The quantitative estimate of drug-likeness (QED) is 0.477. The van der Waals surface area contributed by atoms with E-state index in [4.69, 9.17) is 4.74 Å². The molecule has 0 spiro atoms. The highest BCUT2D eigenvalue weighted by Gasteiger charge is 2.33. The van der Waals surface area contributed by atoms with Crippen LogP contribution in [-0.4, -0.2) is 49.1 Å². The van der Waals surface area contributed by atoms with Crippen LogP contribution in [0.2, 0.25) is 0 Å². The third kappa shape index (κ3) is 4.15. The average molecular weight is 361 g/mol. The average Bonchev–Trinajstić information content (AvgIpc) is 2.67. The standard InChI is InChI=1S/C19H27N3O4/c1-26-11-9-20-17-7-6-15(12-18(17)22(24)25)19(23)21-10-8-14-4-2-3-5-16(14)13-21/h6-7,12,14,16,20H,2-5,8-11,13H2,1H3. The molecule has 1 aromatic carbocycles. The molecule has 26 heavy (non-hydrogen) atoms. The second kappa shape index (κ2) is 8.49. The van der Waals surface area contributed by atoms with Gasteiger partial charge in [0.15, 0.2) is 0 Å². The van der Waals surface area contributed by atoms with Crippen molar-refractivity contribution in [3.05, 3.63) is 33.9 Å². The molecule has 7 heteroatoms. The van der Waals surface area contributed by atoms with Gasteiger partial charge in [-0.15, -0.1) is 0 Å². The van der Waals surface area contributed by atoms with E-state index in [1.807, 2.05) is 4.90 Å². The molecule has 1 amide bonds. The van der Waals surface area contributed by atoms with E-state index in [-0.39, 0.29) is 11.6 Å². The molecule has 3 rings (SSSR count). The second-order valence-electron chi connectivity index (χ2n) is 7.25. The molecule has 2 aliphatic rings. The van der Waals surface area contributed by atoms with Gasteiger partial charge in [0.05, 0.1) is 11.5 Å². The van der Waals surface area contributed by atoms with Crippen molar-refractivity contribution in [1.82, 2.24) is 4.90 Å². The van der Waals surface area contributed by atoms with Crippen molar-refractivity contribution in [2.45, 2.75) is 32.1 Å². The third-order valence-electron chi connectivity index (χ3n) is 5.64. The van der Waals surface area contributed by atoms with Gasteiger partial charge in [-0.2, -0.15) is 0 Å². The summed E-state index contributed by atoms with van der Waals surface area (Å²) in [6.07, 6.45) is 6.07. The molecule has 0 bridgehead atoms. The fourth-order valence-corrected chi connectivity index (χ4v) is 4.22. The first-order chi connectivity index (χ1) is 12.6. The summed E-state index contributed by atoms with van der Waals surface area (Å²) in [6, 6.07) is 4.69. The number of amides is 1. The Labute approximate surface area is 153 Å². The molecule has 0 aromatic heterocycles. The highest BCUT2D eigenvalue weighted by molar-refractivity contribution is 5.95. The largest absolute Gasteiger partial charge is 0.383 e. The van der Waals surface area contributed by atoms with E-state index in [0.717, 1.165) is 25.4 Å². The summed E-state index contributed by atoms with van der Waals surface area (Å²) in [5.74, 6) is 1.24. The second-order valence-corrected chi connectivity index (χ2v) is 7.25. The minimum Gasteiger partial charge on any atom is -0.383 e. The van der Waals surface area contributed by atoms with Crippen molar-refractivity contribution in [1.29, 1.82) is 0 Å². The Balaban J connectivity index is 1.72. The van der Waals surface area contributed by atoms with E-state index in [1.165, 1.54) is 31.7 Å². The maximum absolute atomic E-state index is 12.9. The number of nitrogens with one attached hydrogen (secondary N) is 1. The minimum atomic E-state index is -0.445. The third-order valence-corrected chi connectivity index (χ3v) is 5.64. The molecular formula is C19H27N3O4. The van der Waals surface area contributed by atoms with Crippen molar-refractivity contribution < 1.29 is 14.5 Å². The van der Waals surface area contributed by atoms with Gasteiger partial charge >= 0.3 is 0 Å². The number of carbonyl (C=O) groups excluding carboxylic acids is 1. The van der Waals surface area contributed by atoms with E-state index in [9.17, 15) is 14.9 Å². The molecule has 1 saturated carbocycles. The first-order valence-corrected chi connectivity index (χ1v) is 9.40. The molecule has 1 N–H and O–H groups in total. The van der Waals surface area contributed by atoms with Crippen molar-refractivity contribution in [2.24, 2.45) is 11.8 Å². The number of hydrogen-bond donors (Lipinski definition) is 1. The zero-order valence-electron chi connectivity index (χ0n) is 15.3. The van der Waals surface area contributed by atoms with Crippen LogP contribution in [0.1, 0.15) is 42.5 Å². The molecular weight excluding hydrogens is 334 g/mol. The zero-order valence-corrected chi connectivity index (χ0v) is 15.3. The van der Waals surface area contributed by atoms with Gasteiger partial charge in [-0.25, -0.2) is 0 Å². The molecule has 0 radical (unpaired) electrons. The molecule has 2 unspecified atom stereocenters. The Morgan fingerprint density at radius 3 is 2.81 bits per heavy atom. The van der Waals surface area contributed by atoms with E-state index in [0.29, 0.717) is 30.3 Å². The lowest BCUT2D eigenvalue weighted by Gasteiger charge is -2.41. The van der Waals surface area contributed by atoms with Crippen LogP contribution in [0.25, 0.3) is 0 Å². The van der Waals surface area contributed by atoms with E-state index in [2.05, 4.69) is 5.32 Å². The van der Waals surface area contributed by atoms with Crippen LogP contribution < -0.4 is 5.32 Å². The Kier molecular flexibility index (Phi) is 6.08. The summed E-state index contributed by atoms with van der Waals surface area (Å²) < 4.78 is 4.96. The first-order valence-electron chi connectivity index (χ1n) is 9.40. The monoisotopic (exact) mass is 361 g/mol. The zero-order chi connectivity index (χ0) is 18.5. The van der Waals surface area contributed by atoms with Crippen LogP contribution in [0.4, 0.5) is 11.4 Å². The van der Waals surface area contributed by atoms with Crippen LogP contribution in [0.15, 0.2) is 18.2 Å². The van der Waals surface area contributed by atoms with Gasteiger partial charge in [-0.05, 0) is 36.8 Å². The van der Waals surface area contributed by atoms with Gasteiger partial charge in [0.25, 0.3) is 11.6 Å². The SMILES string of the molecule is COCCNc1ccc(C(=O)N2CCC3CCCCC3C2)cc1[N+](=O)[O-]. The smallest absolute Gasteiger partial charge is 0.293 e. The lowest BCUT2D eigenvalue weighted by atomic mass is 9.75. The number of carbonyl (C=O) groups is 1. The minimum absolute atomic E-state index is 0.0699. The normalized spacial score (nSPS) is 22.6. The highest BCUT2D eigenvalue weighted by Crippen LogP contribution is 2.36. The van der Waals surface area contributed by atoms with Gasteiger partial charge < -0.3 is 15.0 Å². The van der Waals surface area contributed by atoms with Gasteiger partial charge in [-0.1, -0.05) is 19.3 Å². The molecule has 1 heterocycles. The van der Waals surface area contributed by atoms with E-state index < -0.39 is 4.92 Å². The number of nitrogens with zero attached hydrogens (tertiary/aromatic N) is 2. The lowest BCUT2D eigenvalue weighted by molar-refractivity contribution is -0.384. The molecule has 7 nitrogen and oxygen atoms in total. The summed E-state index contributed by atoms with van der Waals surface area (Å²) >= 11 is 0. The molecule has 1 saturated heterocycles. The van der Waals surface area contributed by atoms with E-state index >= 15 is 0 Å². The maximum Gasteiger partial charge on any atom is 0.293 e. The van der Waals surface area contributed by atoms with Crippen LogP contribution in [-0.2, 0) is 4.74 Å². The fraction of sp³-hybridized carbons (Fsp3) is 0.632. The summed E-state index contributed by atoms with van der Waals surface area (Å²) in [7, 11) is 1.58. The number of hydrogen-bond acceptors (Lipinski definition) is 5. The number of nitro benzene ring substituents is 1. The van der Waals surface area contributed by atoms with Gasteiger partial charge in [-0.3, -0.25) is 14.9 Å². The van der Waals surface area contributed by atoms with Crippen LogP contribution >= 0.6 is 0 Å². The predicted octanol–water partition coefficient (Wildman–Crippen LogP) is 3.31. The number of rotatable bonds is 6. The van der Waals surface area contributed by atoms with Gasteiger partial charge in [0, 0.05) is 38.4 Å². The Morgan fingerprint density at radius 2 is 2.08 bits per heavy atom. The maximum atomic E-state index is 12.9. The van der Waals surface area contributed by atoms with Crippen molar-refractivity contribution in [2.75, 3.05) is 38.7 Å². The molecule has 2 atom stereocenters. The summed E-state index contributed by atoms with van der Waals surface area (Å²) in [4.78, 5) is 25.7. The molecule has 142 valence electrons. The number of likely N-dealkylation sites (tertiary alicyclic amines) is 1. The summed E-state index contributed by atoms with van der Waals surface area (Å²) in [6.45, 7) is 2.46. The molecule has 1 aliphatic carbocycles. The van der Waals surface area contributed by atoms with Crippen molar-refractivity contribution in [3.8, 4) is 0 Å². The molecule has 2 fully saturated rings. The summed E-state index contributed by atoms with van der Waals surface area (Å²) in [5.41, 5.74) is 0.734. The number of piperidine rings is 1. The number of ether oxygens (including phenoxy) is 1.